The number of carboxylic acid groups (broad SMARTS) is 1. The highest BCUT2D eigenvalue weighted by Crippen LogP contribution is 2.49. The molecule has 0 aliphatic rings. The van der Waals surface area contributed by atoms with Gasteiger partial charge in [-0.15, -0.1) is 0 Å². The van der Waals surface area contributed by atoms with Crippen molar-refractivity contribution in [3.63, 3.8) is 0 Å². The minimum atomic E-state index is -0.995. The Morgan fingerprint density at radius 2 is 1.43 bits per heavy atom. The molecular formula is C21H24O7. The number of benzene rings is 2. The monoisotopic (exact) mass is 388 g/mol. The third-order valence-corrected chi connectivity index (χ3v) is 4.18. The first-order valence-corrected chi connectivity index (χ1v) is 8.46. The van der Waals surface area contributed by atoms with E-state index in [-0.39, 0.29) is 6.61 Å². The van der Waals surface area contributed by atoms with Gasteiger partial charge in [-0.1, -0.05) is 12.1 Å². The van der Waals surface area contributed by atoms with Gasteiger partial charge in [0.25, 0.3) is 0 Å². The minimum Gasteiger partial charge on any atom is -0.492 e. The summed E-state index contributed by atoms with van der Waals surface area (Å²) in [6, 6.07) is 7.07. The number of carbonyl (C=O) groups is 1. The number of ether oxygens (including phenoxy) is 5. The molecule has 0 aromatic heterocycles. The predicted molar refractivity (Wildman–Crippen MR) is 105 cm³/mol. The molecule has 0 saturated heterocycles. The molecule has 1 N–H and O–H groups in total. The standard InChI is InChI=1S/C21H24O7/c1-13-16(19(25-3)21(27-5)20(26-4)18(13)24-2)12-28-15-9-6-14(7-10-15)8-11-17(22)23/h6-11H,12H2,1-5H3,(H,22,23)/b11-8+. The first-order valence-electron chi connectivity index (χ1n) is 8.46. The zero-order valence-electron chi connectivity index (χ0n) is 16.6. The molecule has 0 spiro atoms. The van der Waals surface area contributed by atoms with Gasteiger partial charge in [-0.3, -0.25) is 0 Å². The molecule has 0 bridgehead atoms. The van der Waals surface area contributed by atoms with Crippen molar-refractivity contribution < 1.29 is 33.6 Å². The van der Waals surface area contributed by atoms with E-state index in [4.69, 9.17) is 28.8 Å². The fourth-order valence-corrected chi connectivity index (χ4v) is 2.83. The van der Waals surface area contributed by atoms with E-state index in [0.29, 0.717) is 28.7 Å². The van der Waals surface area contributed by atoms with Gasteiger partial charge >= 0.3 is 5.97 Å². The smallest absolute Gasteiger partial charge is 0.328 e. The maximum Gasteiger partial charge on any atom is 0.328 e. The average Bonchev–Trinajstić information content (AvgIpc) is 2.70. The molecule has 0 atom stereocenters. The van der Waals surface area contributed by atoms with Crippen LogP contribution in [0.3, 0.4) is 0 Å². The summed E-state index contributed by atoms with van der Waals surface area (Å²) >= 11 is 0. The van der Waals surface area contributed by atoms with Gasteiger partial charge < -0.3 is 28.8 Å². The van der Waals surface area contributed by atoms with Crippen LogP contribution in [0.5, 0.6) is 28.7 Å². The van der Waals surface area contributed by atoms with Crippen LogP contribution in [0, 0.1) is 6.92 Å². The summed E-state index contributed by atoms with van der Waals surface area (Å²) in [5, 5.41) is 8.69. The quantitative estimate of drug-likeness (QED) is 0.656. The topological polar surface area (TPSA) is 83.5 Å². The van der Waals surface area contributed by atoms with Crippen molar-refractivity contribution in [3.8, 4) is 28.7 Å². The number of hydrogen-bond donors (Lipinski definition) is 1. The molecule has 28 heavy (non-hydrogen) atoms. The SMILES string of the molecule is COc1c(C)c(COc2ccc(/C=C/C(=O)O)cc2)c(OC)c(OC)c1OC. The number of aliphatic carboxylic acids is 1. The van der Waals surface area contributed by atoms with E-state index in [2.05, 4.69) is 0 Å². The zero-order valence-corrected chi connectivity index (χ0v) is 16.6. The fraction of sp³-hybridized carbons (Fsp3) is 0.286. The molecule has 2 aromatic carbocycles. The Balaban J connectivity index is 2.32. The van der Waals surface area contributed by atoms with E-state index in [1.165, 1.54) is 20.3 Å². The van der Waals surface area contributed by atoms with Gasteiger partial charge in [0.2, 0.25) is 11.5 Å². The highest BCUT2D eigenvalue weighted by molar-refractivity contribution is 5.85. The lowest BCUT2D eigenvalue weighted by molar-refractivity contribution is -0.131. The molecule has 2 rings (SSSR count). The molecule has 0 amide bonds. The van der Waals surface area contributed by atoms with E-state index in [9.17, 15) is 4.79 Å². The van der Waals surface area contributed by atoms with E-state index in [1.807, 2.05) is 6.92 Å². The summed E-state index contributed by atoms with van der Waals surface area (Å²) in [5.41, 5.74) is 2.35. The van der Waals surface area contributed by atoms with Crippen molar-refractivity contribution >= 4 is 12.0 Å². The number of hydrogen-bond acceptors (Lipinski definition) is 6. The molecule has 0 radical (unpaired) electrons. The second kappa shape index (κ2) is 9.55. The predicted octanol–water partition coefficient (Wildman–Crippen LogP) is 3.71. The number of carboxylic acids is 1. The van der Waals surface area contributed by atoms with Crippen LogP contribution in [0.2, 0.25) is 0 Å². The van der Waals surface area contributed by atoms with Gasteiger partial charge in [0.1, 0.15) is 12.4 Å². The van der Waals surface area contributed by atoms with Gasteiger partial charge in [-0.05, 0) is 30.7 Å². The Bertz CT molecular complexity index is 854. The van der Waals surface area contributed by atoms with Crippen LogP contribution < -0.4 is 23.7 Å². The molecule has 0 aliphatic carbocycles. The Morgan fingerprint density at radius 1 is 0.893 bits per heavy atom. The molecule has 2 aromatic rings. The Morgan fingerprint density at radius 3 is 1.93 bits per heavy atom. The second-order valence-corrected chi connectivity index (χ2v) is 5.77. The summed E-state index contributed by atoms with van der Waals surface area (Å²) in [6.07, 6.45) is 2.60. The summed E-state index contributed by atoms with van der Waals surface area (Å²) in [6.45, 7) is 2.11. The average molecular weight is 388 g/mol. The molecule has 7 nitrogen and oxygen atoms in total. The zero-order chi connectivity index (χ0) is 20.7. The molecule has 0 aliphatic heterocycles. The Hall–Kier alpha value is -3.35. The molecule has 0 fully saturated rings. The summed E-state index contributed by atoms with van der Waals surface area (Å²) in [4.78, 5) is 10.6. The van der Waals surface area contributed by atoms with Gasteiger partial charge in [0, 0.05) is 17.2 Å². The summed E-state index contributed by atoms with van der Waals surface area (Å²) < 4.78 is 27.8. The molecule has 0 heterocycles. The highest BCUT2D eigenvalue weighted by Gasteiger charge is 2.25. The third-order valence-electron chi connectivity index (χ3n) is 4.18. The van der Waals surface area contributed by atoms with Crippen molar-refractivity contribution in [2.24, 2.45) is 0 Å². The van der Waals surface area contributed by atoms with E-state index >= 15 is 0 Å². The lowest BCUT2D eigenvalue weighted by atomic mass is 10.0. The second-order valence-electron chi connectivity index (χ2n) is 5.77. The van der Waals surface area contributed by atoms with Crippen LogP contribution in [-0.2, 0) is 11.4 Å². The Kier molecular flexibility index (Phi) is 7.14. The lowest BCUT2D eigenvalue weighted by Crippen LogP contribution is -2.07. The van der Waals surface area contributed by atoms with Crippen molar-refractivity contribution in [1.29, 1.82) is 0 Å². The van der Waals surface area contributed by atoms with Crippen LogP contribution in [0.25, 0.3) is 6.08 Å². The normalized spacial score (nSPS) is 10.6. The molecule has 0 saturated carbocycles. The highest BCUT2D eigenvalue weighted by atomic mass is 16.5. The molecule has 0 unspecified atom stereocenters. The van der Waals surface area contributed by atoms with Crippen molar-refractivity contribution in [3.05, 3.63) is 47.0 Å². The fourth-order valence-electron chi connectivity index (χ4n) is 2.83. The van der Waals surface area contributed by atoms with Crippen LogP contribution in [0.15, 0.2) is 30.3 Å². The van der Waals surface area contributed by atoms with Gasteiger partial charge in [-0.25, -0.2) is 4.79 Å². The first kappa shape index (κ1) is 21.0. The van der Waals surface area contributed by atoms with Crippen LogP contribution in [-0.4, -0.2) is 39.5 Å². The lowest BCUT2D eigenvalue weighted by Gasteiger charge is -2.21. The van der Waals surface area contributed by atoms with Gasteiger partial charge in [0.05, 0.1) is 28.4 Å². The maximum absolute atomic E-state index is 10.6. The van der Waals surface area contributed by atoms with Crippen LogP contribution >= 0.6 is 0 Å². The van der Waals surface area contributed by atoms with Crippen molar-refractivity contribution in [2.75, 3.05) is 28.4 Å². The molecule has 7 heteroatoms. The van der Waals surface area contributed by atoms with E-state index < -0.39 is 5.97 Å². The van der Waals surface area contributed by atoms with Gasteiger partial charge in [-0.2, -0.15) is 0 Å². The molecular weight excluding hydrogens is 364 g/mol. The van der Waals surface area contributed by atoms with E-state index in [0.717, 1.165) is 22.8 Å². The molecule has 150 valence electrons. The van der Waals surface area contributed by atoms with Gasteiger partial charge in [0.15, 0.2) is 11.5 Å². The van der Waals surface area contributed by atoms with Crippen LogP contribution in [0.4, 0.5) is 0 Å². The largest absolute Gasteiger partial charge is 0.492 e. The first-order chi connectivity index (χ1) is 13.5. The number of rotatable bonds is 9. The summed E-state index contributed by atoms with van der Waals surface area (Å²) in [7, 11) is 6.18. The summed E-state index contributed by atoms with van der Waals surface area (Å²) in [5.74, 6) is 1.58. The minimum absolute atomic E-state index is 0.218. The number of methoxy groups -OCH3 is 4. The van der Waals surface area contributed by atoms with Crippen LogP contribution in [0.1, 0.15) is 16.7 Å². The van der Waals surface area contributed by atoms with E-state index in [1.54, 1.807) is 38.5 Å². The van der Waals surface area contributed by atoms with Crippen molar-refractivity contribution in [1.82, 2.24) is 0 Å². The van der Waals surface area contributed by atoms with Crippen molar-refractivity contribution in [2.45, 2.75) is 13.5 Å². The Labute approximate surface area is 164 Å². The third kappa shape index (κ3) is 4.49. The maximum atomic E-state index is 10.6.